The largest absolute Gasteiger partial charge is 0.478 e. The number of carbonyl (C=O) groups is 1. The number of benzene rings is 1. The third kappa shape index (κ3) is 2.10. The second-order valence-corrected chi connectivity index (χ2v) is 4.25. The number of hydrogen-bond donors (Lipinski definition) is 3. The van der Waals surface area contributed by atoms with Crippen LogP contribution in [0, 0.1) is 5.92 Å². The molecule has 1 aliphatic carbocycles. The Labute approximate surface area is 94.5 Å². The van der Waals surface area contributed by atoms with Crippen molar-refractivity contribution in [3.05, 3.63) is 23.8 Å². The molecule has 0 heterocycles. The fourth-order valence-electron chi connectivity index (χ4n) is 1.86. The minimum Gasteiger partial charge on any atom is -0.478 e. The number of nitrogens with two attached hydrogens (primary N) is 1. The summed E-state index contributed by atoms with van der Waals surface area (Å²) in [5.41, 5.74) is 7.01. The van der Waals surface area contributed by atoms with Crippen molar-refractivity contribution in [2.75, 3.05) is 17.6 Å². The molecule has 16 heavy (non-hydrogen) atoms. The fourth-order valence-corrected chi connectivity index (χ4v) is 1.86. The van der Waals surface area contributed by atoms with Gasteiger partial charge in [0.2, 0.25) is 0 Å². The lowest BCUT2D eigenvalue weighted by Gasteiger charge is -2.26. The summed E-state index contributed by atoms with van der Waals surface area (Å²) < 4.78 is 0. The Morgan fingerprint density at radius 2 is 2.25 bits per heavy atom. The van der Waals surface area contributed by atoms with Gasteiger partial charge in [0.1, 0.15) is 0 Å². The predicted molar refractivity (Wildman–Crippen MR) is 63.6 cm³/mol. The van der Waals surface area contributed by atoms with Gasteiger partial charge in [-0.1, -0.05) is 12.5 Å². The first-order valence-corrected chi connectivity index (χ1v) is 5.54. The number of hydrogen-bond acceptors (Lipinski definition) is 3. The minimum absolute atomic E-state index is 0.165. The number of para-hydroxylation sites is 1. The number of anilines is 2. The smallest absolute Gasteiger partial charge is 0.337 e. The van der Waals surface area contributed by atoms with Gasteiger partial charge in [0, 0.05) is 6.54 Å². The first kappa shape index (κ1) is 10.8. The molecule has 0 bridgehead atoms. The van der Waals surface area contributed by atoms with Crippen molar-refractivity contribution < 1.29 is 9.90 Å². The Kier molecular flexibility index (Phi) is 2.99. The first-order valence-electron chi connectivity index (χ1n) is 5.54. The number of nitrogen functional groups attached to an aromatic ring is 1. The van der Waals surface area contributed by atoms with Crippen LogP contribution >= 0.6 is 0 Å². The van der Waals surface area contributed by atoms with E-state index in [9.17, 15) is 4.79 Å². The van der Waals surface area contributed by atoms with Gasteiger partial charge in [0.15, 0.2) is 0 Å². The van der Waals surface area contributed by atoms with Crippen molar-refractivity contribution in [2.24, 2.45) is 5.92 Å². The van der Waals surface area contributed by atoms with Crippen LogP contribution in [0.15, 0.2) is 18.2 Å². The molecule has 1 aromatic rings. The second kappa shape index (κ2) is 4.43. The van der Waals surface area contributed by atoms with Crippen LogP contribution in [0.4, 0.5) is 11.4 Å². The molecule has 0 spiro atoms. The molecular weight excluding hydrogens is 204 g/mol. The lowest BCUT2D eigenvalue weighted by atomic mass is 9.85. The Bertz CT molecular complexity index is 400. The average Bonchev–Trinajstić information content (AvgIpc) is 2.17. The maximum absolute atomic E-state index is 10.9. The van der Waals surface area contributed by atoms with Gasteiger partial charge >= 0.3 is 5.97 Å². The highest BCUT2D eigenvalue weighted by Crippen LogP contribution is 2.28. The van der Waals surface area contributed by atoms with E-state index in [2.05, 4.69) is 5.32 Å². The van der Waals surface area contributed by atoms with E-state index in [1.54, 1.807) is 6.07 Å². The van der Waals surface area contributed by atoms with Crippen molar-refractivity contribution >= 4 is 17.3 Å². The molecule has 1 saturated carbocycles. The maximum Gasteiger partial charge on any atom is 0.337 e. The predicted octanol–water partition coefficient (Wildman–Crippen LogP) is 2.18. The van der Waals surface area contributed by atoms with Crippen LogP contribution in [-0.2, 0) is 0 Å². The van der Waals surface area contributed by atoms with E-state index in [1.807, 2.05) is 6.07 Å². The summed E-state index contributed by atoms with van der Waals surface area (Å²) in [5.74, 6) is -0.266. The van der Waals surface area contributed by atoms with Gasteiger partial charge in [0.05, 0.1) is 16.9 Å². The molecular formula is C12H16N2O2. The van der Waals surface area contributed by atoms with Crippen LogP contribution in [0.5, 0.6) is 0 Å². The molecule has 0 saturated heterocycles. The van der Waals surface area contributed by atoms with Crippen LogP contribution in [0.1, 0.15) is 29.6 Å². The van der Waals surface area contributed by atoms with Crippen LogP contribution in [0.2, 0.25) is 0 Å². The van der Waals surface area contributed by atoms with Crippen molar-refractivity contribution in [3.63, 3.8) is 0 Å². The maximum atomic E-state index is 10.9. The molecule has 0 radical (unpaired) electrons. The molecule has 4 heteroatoms. The summed E-state index contributed by atoms with van der Waals surface area (Å²) >= 11 is 0. The summed E-state index contributed by atoms with van der Waals surface area (Å²) in [6, 6.07) is 5.05. The number of rotatable bonds is 4. The molecule has 4 nitrogen and oxygen atoms in total. The highest BCUT2D eigenvalue weighted by molar-refractivity contribution is 5.97. The third-order valence-electron chi connectivity index (χ3n) is 3.14. The molecule has 0 aromatic heterocycles. The molecule has 0 amide bonds. The highest BCUT2D eigenvalue weighted by Gasteiger charge is 2.17. The molecule has 0 aliphatic heterocycles. The van der Waals surface area contributed by atoms with Crippen molar-refractivity contribution in [1.82, 2.24) is 0 Å². The second-order valence-electron chi connectivity index (χ2n) is 4.25. The summed E-state index contributed by atoms with van der Waals surface area (Å²) in [6.07, 6.45) is 3.81. The Hall–Kier alpha value is -1.71. The van der Waals surface area contributed by atoms with E-state index in [0.717, 1.165) is 12.2 Å². The minimum atomic E-state index is -0.982. The summed E-state index contributed by atoms with van der Waals surface area (Å²) in [4.78, 5) is 10.9. The number of nitrogens with one attached hydrogen (secondary N) is 1. The van der Waals surface area contributed by atoms with E-state index in [0.29, 0.717) is 11.6 Å². The van der Waals surface area contributed by atoms with Gasteiger partial charge in [-0.3, -0.25) is 0 Å². The lowest BCUT2D eigenvalue weighted by Crippen LogP contribution is -2.21. The SMILES string of the molecule is Nc1c(NCC2CCC2)cccc1C(=O)O. The fraction of sp³-hybridized carbons (Fsp3) is 0.417. The molecule has 0 atom stereocenters. The monoisotopic (exact) mass is 220 g/mol. The van der Waals surface area contributed by atoms with Gasteiger partial charge < -0.3 is 16.2 Å². The first-order chi connectivity index (χ1) is 7.68. The van der Waals surface area contributed by atoms with Crippen LogP contribution in [-0.4, -0.2) is 17.6 Å². The Morgan fingerprint density at radius 1 is 1.50 bits per heavy atom. The van der Waals surface area contributed by atoms with Gasteiger partial charge in [-0.15, -0.1) is 0 Å². The van der Waals surface area contributed by atoms with E-state index in [1.165, 1.54) is 25.3 Å². The number of carboxylic acids is 1. The zero-order chi connectivity index (χ0) is 11.5. The van der Waals surface area contributed by atoms with Gasteiger partial charge in [0.25, 0.3) is 0 Å². The molecule has 1 aromatic carbocycles. The Balaban J connectivity index is 2.07. The average molecular weight is 220 g/mol. The van der Waals surface area contributed by atoms with Crippen LogP contribution in [0.3, 0.4) is 0 Å². The Morgan fingerprint density at radius 3 is 2.81 bits per heavy atom. The van der Waals surface area contributed by atoms with E-state index >= 15 is 0 Å². The standard InChI is InChI=1S/C12H16N2O2/c13-11-9(12(15)16)5-2-6-10(11)14-7-8-3-1-4-8/h2,5-6,8,14H,1,3-4,7,13H2,(H,15,16). The van der Waals surface area contributed by atoms with E-state index in [4.69, 9.17) is 10.8 Å². The molecule has 86 valence electrons. The third-order valence-corrected chi connectivity index (χ3v) is 3.14. The molecule has 2 rings (SSSR count). The number of aromatic carboxylic acids is 1. The highest BCUT2D eigenvalue weighted by atomic mass is 16.4. The van der Waals surface area contributed by atoms with Crippen LogP contribution < -0.4 is 11.1 Å². The zero-order valence-corrected chi connectivity index (χ0v) is 9.07. The van der Waals surface area contributed by atoms with Gasteiger partial charge in [-0.25, -0.2) is 4.79 Å². The molecule has 1 aliphatic rings. The van der Waals surface area contributed by atoms with E-state index < -0.39 is 5.97 Å². The quantitative estimate of drug-likeness (QED) is 0.680. The molecule has 4 N–H and O–H groups in total. The van der Waals surface area contributed by atoms with Gasteiger partial charge in [-0.2, -0.15) is 0 Å². The van der Waals surface area contributed by atoms with Crippen molar-refractivity contribution in [2.45, 2.75) is 19.3 Å². The summed E-state index contributed by atoms with van der Waals surface area (Å²) in [7, 11) is 0. The normalized spacial score (nSPS) is 15.5. The van der Waals surface area contributed by atoms with Crippen molar-refractivity contribution in [3.8, 4) is 0 Å². The molecule has 1 fully saturated rings. The number of carboxylic acid groups (broad SMARTS) is 1. The van der Waals surface area contributed by atoms with Crippen LogP contribution in [0.25, 0.3) is 0 Å². The van der Waals surface area contributed by atoms with Crippen molar-refractivity contribution in [1.29, 1.82) is 0 Å². The summed E-state index contributed by atoms with van der Waals surface area (Å²) in [5, 5.41) is 12.1. The van der Waals surface area contributed by atoms with E-state index in [-0.39, 0.29) is 5.56 Å². The van der Waals surface area contributed by atoms with Gasteiger partial charge in [-0.05, 0) is 30.9 Å². The topological polar surface area (TPSA) is 75.3 Å². The summed E-state index contributed by atoms with van der Waals surface area (Å²) in [6.45, 7) is 0.882. The zero-order valence-electron chi connectivity index (χ0n) is 9.07. The molecule has 0 unspecified atom stereocenters. The lowest BCUT2D eigenvalue weighted by molar-refractivity contribution is 0.0698.